The Kier molecular flexibility index (Phi) is 9.48. The second-order valence-electron chi connectivity index (χ2n) is 6.80. The van der Waals surface area contributed by atoms with Gasteiger partial charge in [-0.1, -0.05) is 30.7 Å². The SMILES string of the molecule is CCCNC(N)=NCC(c1ccc(Cl)cc1)N1CCOC(C)(C)C1.I. The number of rotatable bonds is 6. The fraction of sp³-hybridized carbons (Fsp3) is 0.611. The normalized spacial score (nSPS) is 19.1. The molecule has 0 spiro atoms. The minimum absolute atomic E-state index is 0. The highest BCUT2D eigenvalue weighted by atomic mass is 127. The average Bonchev–Trinajstić information content (AvgIpc) is 2.54. The molecule has 7 heteroatoms. The van der Waals surface area contributed by atoms with Crippen LogP contribution in [0.4, 0.5) is 0 Å². The molecular formula is C18H30ClIN4O. The van der Waals surface area contributed by atoms with Crippen LogP contribution < -0.4 is 11.1 Å². The second-order valence-corrected chi connectivity index (χ2v) is 7.24. The first-order valence-corrected chi connectivity index (χ1v) is 8.96. The van der Waals surface area contributed by atoms with E-state index in [0.29, 0.717) is 12.5 Å². The van der Waals surface area contributed by atoms with E-state index in [1.54, 1.807) is 0 Å². The van der Waals surface area contributed by atoms with Gasteiger partial charge in [0, 0.05) is 24.7 Å². The summed E-state index contributed by atoms with van der Waals surface area (Å²) in [6.07, 6.45) is 1.02. The number of hydrogen-bond donors (Lipinski definition) is 2. The summed E-state index contributed by atoms with van der Waals surface area (Å²) in [5.74, 6) is 0.503. The zero-order valence-electron chi connectivity index (χ0n) is 15.3. The van der Waals surface area contributed by atoms with Crippen molar-refractivity contribution >= 4 is 41.5 Å². The molecule has 1 aromatic rings. The predicted octanol–water partition coefficient (Wildman–Crippen LogP) is 3.42. The lowest BCUT2D eigenvalue weighted by Gasteiger charge is -2.42. The van der Waals surface area contributed by atoms with Gasteiger partial charge in [-0.15, -0.1) is 24.0 Å². The molecule has 3 N–H and O–H groups in total. The number of halogens is 2. The van der Waals surface area contributed by atoms with Gasteiger partial charge in [0.25, 0.3) is 0 Å². The number of nitrogens with two attached hydrogens (primary N) is 1. The van der Waals surface area contributed by atoms with Crippen molar-refractivity contribution in [2.24, 2.45) is 10.7 Å². The van der Waals surface area contributed by atoms with Crippen LogP contribution in [0.25, 0.3) is 0 Å². The van der Waals surface area contributed by atoms with Crippen molar-refractivity contribution < 1.29 is 4.74 Å². The number of nitrogens with one attached hydrogen (secondary N) is 1. The molecule has 1 saturated heterocycles. The number of benzene rings is 1. The number of nitrogens with zero attached hydrogens (tertiary/aromatic N) is 2. The molecule has 142 valence electrons. The van der Waals surface area contributed by atoms with Crippen LogP contribution in [0.15, 0.2) is 29.3 Å². The fourth-order valence-electron chi connectivity index (χ4n) is 2.93. The van der Waals surface area contributed by atoms with Gasteiger partial charge in [-0.2, -0.15) is 0 Å². The number of aliphatic imine (C=N–C) groups is 1. The summed E-state index contributed by atoms with van der Waals surface area (Å²) in [6.45, 7) is 10.3. The van der Waals surface area contributed by atoms with Gasteiger partial charge >= 0.3 is 0 Å². The molecule has 1 aliphatic heterocycles. The molecule has 0 saturated carbocycles. The minimum Gasteiger partial charge on any atom is -0.373 e. The van der Waals surface area contributed by atoms with Gasteiger partial charge in [0.1, 0.15) is 0 Å². The minimum atomic E-state index is -0.154. The number of morpholine rings is 1. The lowest BCUT2D eigenvalue weighted by Crippen LogP contribution is -2.50. The van der Waals surface area contributed by atoms with Crippen LogP contribution >= 0.6 is 35.6 Å². The van der Waals surface area contributed by atoms with E-state index >= 15 is 0 Å². The van der Waals surface area contributed by atoms with Gasteiger partial charge in [-0.25, -0.2) is 0 Å². The van der Waals surface area contributed by atoms with Gasteiger partial charge in [-0.3, -0.25) is 9.89 Å². The molecule has 1 atom stereocenters. The van der Waals surface area contributed by atoms with Crippen molar-refractivity contribution in [3.8, 4) is 0 Å². The van der Waals surface area contributed by atoms with Crippen molar-refractivity contribution in [3.63, 3.8) is 0 Å². The number of hydrogen-bond acceptors (Lipinski definition) is 3. The van der Waals surface area contributed by atoms with Crippen LogP contribution in [0, 0.1) is 0 Å². The largest absolute Gasteiger partial charge is 0.373 e. The van der Waals surface area contributed by atoms with Crippen molar-refractivity contribution in [1.29, 1.82) is 0 Å². The van der Waals surface area contributed by atoms with Gasteiger partial charge in [-0.05, 0) is 38.0 Å². The Labute approximate surface area is 173 Å². The van der Waals surface area contributed by atoms with E-state index in [1.807, 2.05) is 12.1 Å². The zero-order chi connectivity index (χ0) is 17.6. The van der Waals surface area contributed by atoms with Gasteiger partial charge in [0.15, 0.2) is 5.96 Å². The molecule has 1 aliphatic rings. The van der Waals surface area contributed by atoms with Crippen molar-refractivity contribution in [3.05, 3.63) is 34.9 Å². The molecule has 1 fully saturated rings. The Morgan fingerprint density at radius 1 is 1.40 bits per heavy atom. The molecule has 25 heavy (non-hydrogen) atoms. The molecule has 2 rings (SSSR count). The molecule has 1 heterocycles. The molecular weight excluding hydrogens is 451 g/mol. The van der Waals surface area contributed by atoms with Crippen LogP contribution in [0.3, 0.4) is 0 Å². The molecule has 0 bridgehead atoms. The zero-order valence-corrected chi connectivity index (χ0v) is 18.4. The molecule has 1 aromatic carbocycles. The Morgan fingerprint density at radius 2 is 2.08 bits per heavy atom. The first kappa shape index (κ1) is 22.5. The molecule has 0 radical (unpaired) electrons. The van der Waals surface area contributed by atoms with E-state index < -0.39 is 0 Å². The first-order chi connectivity index (χ1) is 11.4. The van der Waals surface area contributed by atoms with E-state index in [2.05, 4.69) is 48.1 Å². The maximum absolute atomic E-state index is 6.04. The summed E-state index contributed by atoms with van der Waals surface area (Å²) >= 11 is 6.04. The Bertz CT molecular complexity index is 551. The summed E-state index contributed by atoms with van der Waals surface area (Å²) in [5, 5.41) is 3.87. The van der Waals surface area contributed by atoms with Crippen molar-refractivity contribution in [2.75, 3.05) is 32.8 Å². The first-order valence-electron chi connectivity index (χ1n) is 8.58. The van der Waals surface area contributed by atoms with E-state index in [4.69, 9.17) is 22.1 Å². The highest BCUT2D eigenvalue weighted by Crippen LogP contribution is 2.28. The fourth-order valence-corrected chi connectivity index (χ4v) is 3.06. The monoisotopic (exact) mass is 480 g/mol. The second kappa shape index (κ2) is 10.5. The summed E-state index contributed by atoms with van der Waals surface area (Å²) in [5.41, 5.74) is 7.01. The standard InChI is InChI=1S/C18H29ClN4O.HI/c1-4-9-21-17(20)22-12-16(14-5-7-15(19)8-6-14)23-10-11-24-18(2,3)13-23;/h5-8,16H,4,9-13H2,1-3H3,(H3,20,21,22);1H. The van der Waals surface area contributed by atoms with E-state index in [-0.39, 0.29) is 35.6 Å². The smallest absolute Gasteiger partial charge is 0.188 e. The van der Waals surface area contributed by atoms with E-state index in [9.17, 15) is 0 Å². The Hall–Kier alpha value is -0.570. The van der Waals surface area contributed by atoms with Crippen LogP contribution in [-0.4, -0.2) is 49.2 Å². The average molecular weight is 481 g/mol. The molecule has 0 aromatic heterocycles. The Morgan fingerprint density at radius 3 is 2.68 bits per heavy atom. The van der Waals surface area contributed by atoms with Gasteiger partial charge in [0.2, 0.25) is 0 Å². The van der Waals surface area contributed by atoms with Crippen LogP contribution in [0.2, 0.25) is 5.02 Å². The van der Waals surface area contributed by atoms with Crippen LogP contribution in [-0.2, 0) is 4.74 Å². The highest BCUT2D eigenvalue weighted by Gasteiger charge is 2.32. The molecule has 5 nitrogen and oxygen atoms in total. The highest BCUT2D eigenvalue weighted by molar-refractivity contribution is 14.0. The molecule has 1 unspecified atom stereocenters. The third-order valence-electron chi connectivity index (χ3n) is 4.14. The van der Waals surface area contributed by atoms with Crippen molar-refractivity contribution in [1.82, 2.24) is 10.2 Å². The maximum Gasteiger partial charge on any atom is 0.188 e. The Balaban J connectivity index is 0.00000312. The summed E-state index contributed by atoms with van der Waals surface area (Å²) in [6, 6.07) is 8.16. The summed E-state index contributed by atoms with van der Waals surface area (Å²) in [4.78, 5) is 6.97. The van der Waals surface area contributed by atoms with Crippen LogP contribution in [0.1, 0.15) is 38.8 Å². The number of ether oxygens (including phenoxy) is 1. The summed E-state index contributed by atoms with van der Waals surface area (Å²) < 4.78 is 5.84. The van der Waals surface area contributed by atoms with Crippen molar-refractivity contribution in [2.45, 2.75) is 38.8 Å². The van der Waals surface area contributed by atoms with Crippen LogP contribution in [0.5, 0.6) is 0 Å². The van der Waals surface area contributed by atoms with Gasteiger partial charge in [0.05, 0.1) is 24.8 Å². The lowest BCUT2D eigenvalue weighted by atomic mass is 10.0. The molecule has 0 amide bonds. The lowest BCUT2D eigenvalue weighted by molar-refractivity contribution is -0.0967. The third-order valence-corrected chi connectivity index (χ3v) is 4.39. The van der Waals surface area contributed by atoms with E-state index in [1.165, 1.54) is 5.56 Å². The number of guanidine groups is 1. The third kappa shape index (κ3) is 7.29. The maximum atomic E-state index is 6.04. The quantitative estimate of drug-likeness (QED) is 0.372. The topological polar surface area (TPSA) is 62.9 Å². The predicted molar refractivity (Wildman–Crippen MR) is 116 cm³/mol. The van der Waals surface area contributed by atoms with E-state index in [0.717, 1.165) is 37.7 Å². The molecule has 0 aliphatic carbocycles. The summed E-state index contributed by atoms with van der Waals surface area (Å²) in [7, 11) is 0. The van der Waals surface area contributed by atoms with Gasteiger partial charge < -0.3 is 15.8 Å².